The zero-order valence-corrected chi connectivity index (χ0v) is 23.3. The fourth-order valence-electron chi connectivity index (χ4n) is 5.53. The standard InChI is InChI=1S/C31H32ClNO6/c1-30(2)15-22-11-20(7-10-25(22)38-30)17-33(18-27(34)35)29(36)21-12-23-16-31(3,39-28(23)26(13-21)37-4)14-19-5-8-24(32)9-6-19/h5-13H,14-18H2,1-4H3,(H,34,35). The van der Waals surface area contributed by atoms with Gasteiger partial charge in [-0.2, -0.15) is 0 Å². The second-order valence-electron chi connectivity index (χ2n) is 11.2. The van der Waals surface area contributed by atoms with Gasteiger partial charge in [0.1, 0.15) is 23.5 Å². The van der Waals surface area contributed by atoms with Crippen LogP contribution in [0.15, 0.2) is 54.6 Å². The first kappa shape index (κ1) is 26.9. The van der Waals surface area contributed by atoms with Crippen LogP contribution in [0.2, 0.25) is 5.02 Å². The van der Waals surface area contributed by atoms with Crippen LogP contribution in [-0.4, -0.2) is 46.7 Å². The van der Waals surface area contributed by atoms with Gasteiger partial charge < -0.3 is 24.2 Å². The molecule has 5 rings (SSSR count). The van der Waals surface area contributed by atoms with Crippen molar-refractivity contribution in [3.05, 3.63) is 87.4 Å². The van der Waals surface area contributed by atoms with E-state index in [0.717, 1.165) is 34.4 Å². The molecule has 3 aromatic rings. The molecular formula is C31H32ClNO6. The first-order valence-electron chi connectivity index (χ1n) is 12.9. The Morgan fingerprint density at radius 3 is 2.38 bits per heavy atom. The number of carboxylic acid groups (broad SMARTS) is 1. The van der Waals surface area contributed by atoms with E-state index in [2.05, 4.69) is 0 Å². The lowest BCUT2D eigenvalue weighted by atomic mass is 9.91. The molecule has 0 spiro atoms. The quantitative estimate of drug-likeness (QED) is 0.386. The Morgan fingerprint density at radius 2 is 1.69 bits per heavy atom. The predicted molar refractivity (Wildman–Crippen MR) is 148 cm³/mol. The van der Waals surface area contributed by atoms with E-state index < -0.39 is 18.1 Å². The number of hydrogen-bond acceptors (Lipinski definition) is 5. The van der Waals surface area contributed by atoms with Gasteiger partial charge in [-0.05, 0) is 67.8 Å². The van der Waals surface area contributed by atoms with Gasteiger partial charge in [0.25, 0.3) is 5.91 Å². The molecule has 0 fully saturated rings. The van der Waals surface area contributed by atoms with Gasteiger partial charge in [-0.1, -0.05) is 35.9 Å². The SMILES string of the molecule is COc1cc(C(=O)N(CC(=O)O)Cc2ccc3c(c2)CC(C)(C)O3)cc2c1OC(C)(Cc1ccc(Cl)cc1)C2. The molecule has 204 valence electrons. The summed E-state index contributed by atoms with van der Waals surface area (Å²) in [5.74, 6) is 0.409. The molecule has 1 N–H and O–H groups in total. The summed E-state index contributed by atoms with van der Waals surface area (Å²) < 4.78 is 17.9. The molecule has 2 aliphatic rings. The Bertz CT molecular complexity index is 1430. The van der Waals surface area contributed by atoms with E-state index in [0.29, 0.717) is 34.9 Å². The van der Waals surface area contributed by atoms with Crippen LogP contribution in [0.4, 0.5) is 0 Å². The molecule has 0 saturated carbocycles. The van der Waals surface area contributed by atoms with Crippen LogP contribution >= 0.6 is 11.6 Å². The molecule has 3 aromatic carbocycles. The molecule has 8 heteroatoms. The van der Waals surface area contributed by atoms with Gasteiger partial charge in [0.2, 0.25) is 0 Å². The Morgan fingerprint density at radius 1 is 0.974 bits per heavy atom. The van der Waals surface area contributed by atoms with E-state index >= 15 is 0 Å². The molecule has 1 atom stereocenters. The highest BCUT2D eigenvalue weighted by atomic mass is 35.5. The average Bonchev–Trinajstić information content (AvgIpc) is 3.37. The third-order valence-electron chi connectivity index (χ3n) is 7.12. The van der Waals surface area contributed by atoms with Crippen molar-refractivity contribution in [1.29, 1.82) is 0 Å². The van der Waals surface area contributed by atoms with Crippen LogP contribution in [-0.2, 0) is 30.6 Å². The number of rotatable bonds is 8. The first-order valence-corrected chi connectivity index (χ1v) is 13.3. The van der Waals surface area contributed by atoms with Gasteiger partial charge in [-0.3, -0.25) is 9.59 Å². The number of nitrogens with zero attached hydrogens (tertiary/aromatic N) is 1. The van der Waals surface area contributed by atoms with Crippen LogP contribution in [0, 0.1) is 0 Å². The van der Waals surface area contributed by atoms with Crippen LogP contribution in [0.25, 0.3) is 0 Å². The largest absolute Gasteiger partial charge is 0.493 e. The summed E-state index contributed by atoms with van der Waals surface area (Å²) in [5.41, 5.74) is 3.36. The highest BCUT2D eigenvalue weighted by Crippen LogP contribution is 2.44. The van der Waals surface area contributed by atoms with Crippen molar-refractivity contribution < 1.29 is 28.9 Å². The van der Waals surface area contributed by atoms with Gasteiger partial charge in [0.05, 0.1) is 7.11 Å². The van der Waals surface area contributed by atoms with Gasteiger partial charge in [-0.25, -0.2) is 0 Å². The van der Waals surface area contributed by atoms with Gasteiger partial charge in [0.15, 0.2) is 11.5 Å². The van der Waals surface area contributed by atoms with Gasteiger partial charge in [-0.15, -0.1) is 0 Å². The van der Waals surface area contributed by atoms with E-state index in [1.165, 1.54) is 12.0 Å². The number of carbonyl (C=O) groups is 2. The number of amides is 1. The maximum atomic E-state index is 13.7. The minimum Gasteiger partial charge on any atom is -0.493 e. The monoisotopic (exact) mass is 549 g/mol. The zero-order chi connectivity index (χ0) is 27.9. The molecule has 0 aromatic heterocycles. The van der Waals surface area contributed by atoms with E-state index in [9.17, 15) is 14.7 Å². The summed E-state index contributed by atoms with van der Waals surface area (Å²) in [6, 6.07) is 16.8. The van der Waals surface area contributed by atoms with E-state index in [4.69, 9.17) is 25.8 Å². The topological polar surface area (TPSA) is 85.3 Å². The normalized spacial score (nSPS) is 18.5. The highest BCUT2D eigenvalue weighted by Gasteiger charge is 2.38. The minimum absolute atomic E-state index is 0.156. The molecule has 0 bridgehead atoms. The number of carboxylic acids is 1. The number of hydrogen-bond donors (Lipinski definition) is 1. The summed E-state index contributed by atoms with van der Waals surface area (Å²) in [4.78, 5) is 26.8. The Labute approximate surface area is 233 Å². The lowest BCUT2D eigenvalue weighted by Crippen LogP contribution is -2.35. The van der Waals surface area contributed by atoms with E-state index in [1.807, 2.05) is 63.2 Å². The van der Waals surface area contributed by atoms with Crippen molar-refractivity contribution >= 4 is 23.5 Å². The lowest BCUT2D eigenvalue weighted by Gasteiger charge is -2.24. The van der Waals surface area contributed by atoms with Crippen LogP contribution < -0.4 is 14.2 Å². The number of benzene rings is 3. The van der Waals surface area contributed by atoms with Crippen molar-refractivity contribution in [3.63, 3.8) is 0 Å². The van der Waals surface area contributed by atoms with Crippen molar-refractivity contribution in [2.75, 3.05) is 13.7 Å². The average molecular weight is 550 g/mol. The summed E-state index contributed by atoms with van der Waals surface area (Å²) in [5, 5.41) is 10.3. The van der Waals surface area contributed by atoms with Crippen molar-refractivity contribution in [3.8, 4) is 17.2 Å². The lowest BCUT2D eigenvalue weighted by molar-refractivity contribution is -0.137. The fourth-order valence-corrected chi connectivity index (χ4v) is 5.65. The maximum Gasteiger partial charge on any atom is 0.323 e. The number of ether oxygens (including phenoxy) is 3. The van der Waals surface area contributed by atoms with Crippen LogP contribution in [0.1, 0.15) is 53.4 Å². The highest BCUT2D eigenvalue weighted by molar-refractivity contribution is 6.30. The molecule has 0 radical (unpaired) electrons. The molecular weight excluding hydrogens is 518 g/mol. The second kappa shape index (κ2) is 10.1. The predicted octanol–water partition coefficient (Wildman–Crippen LogP) is 5.73. The number of halogens is 1. The summed E-state index contributed by atoms with van der Waals surface area (Å²) in [6.45, 7) is 5.81. The first-order chi connectivity index (χ1) is 18.4. The third-order valence-corrected chi connectivity index (χ3v) is 7.37. The number of methoxy groups -OCH3 is 1. The smallest absolute Gasteiger partial charge is 0.323 e. The fraction of sp³-hybridized carbons (Fsp3) is 0.355. The number of carbonyl (C=O) groups excluding carboxylic acids is 1. The van der Waals surface area contributed by atoms with Gasteiger partial charge in [0, 0.05) is 42.0 Å². The maximum absolute atomic E-state index is 13.7. The minimum atomic E-state index is -1.08. The van der Waals surface area contributed by atoms with Crippen molar-refractivity contribution in [1.82, 2.24) is 4.90 Å². The third kappa shape index (κ3) is 5.83. The molecule has 1 amide bonds. The van der Waals surface area contributed by atoms with Crippen molar-refractivity contribution in [2.24, 2.45) is 0 Å². The van der Waals surface area contributed by atoms with Crippen LogP contribution in [0.3, 0.4) is 0 Å². The van der Waals surface area contributed by atoms with E-state index in [1.54, 1.807) is 12.1 Å². The molecule has 0 saturated heterocycles. The van der Waals surface area contributed by atoms with E-state index in [-0.39, 0.29) is 18.1 Å². The summed E-state index contributed by atoms with van der Waals surface area (Å²) in [7, 11) is 1.53. The molecule has 2 heterocycles. The number of fused-ring (bicyclic) bond motifs is 2. The Kier molecular flexibility index (Phi) is 6.97. The van der Waals surface area contributed by atoms with Crippen molar-refractivity contribution in [2.45, 2.75) is 57.8 Å². The zero-order valence-electron chi connectivity index (χ0n) is 22.5. The molecule has 1 unspecified atom stereocenters. The Hall–Kier alpha value is -3.71. The molecule has 39 heavy (non-hydrogen) atoms. The Balaban J connectivity index is 1.39. The van der Waals surface area contributed by atoms with Crippen LogP contribution in [0.5, 0.6) is 17.2 Å². The summed E-state index contributed by atoms with van der Waals surface area (Å²) >= 11 is 6.04. The summed E-state index contributed by atoms with van der Waals surface area (Å²) in [6.07, 6.45) is 1.97. The van der Waals surface area contributed by atoms with Gasteiger partial charge >= 0.3 is 5.97 Å². The number of aliphatic carboxylic acids is 1. The molecule has 7 nitrogen and oxygen atoms in total. The molecule has 2 aliphatic heterocycles. The second-order valence-corrected chi connectivity index (χ2v) is 11.7. The molecule has 0 aliphatic carbocycles.